The van der Waals surface area contributed by atoms with Crippen molar-refractivity contribution in [1.82, 2.24) is 5.32 Å². The van der Waals surface area contributed by atoms with Gasteiger partial charge in [-0.1, -0.05) is 13.0 Å². The van der Waals surface area contributed by atoms with Crippen molar-refractivity contribution in [3.05, 3.63) is 35.6 Å². The fraction of sp³-hybridized carbons (Fsp3) is 0.357. The molecule has 1 aromatic heterocycles. The molecule has 0 fully saturated rings. The van der Waals surface area contributed by atoms with Crippen LogP contribution in [0.25, 0.3) is 11.0 Å². The summed E-state index contributed by atoms with van der Waals surface area (Å²) in [6.07, 6.45) is 0. The van der Waals surface area contributed by atoms with Crippen molar-refractivity contribution in [2.75, 3.05) is 18.1 Å². The van der Waals surface area contributed by atoms with Crippen LogP contribution in [0.2, 0.25) is 0 Å². The smallest absolute Gasteiger partial charge is 0.371 e. The number of hydrogen-bond acceptors (Lipinski definition) is 5. The molecule has 0 bridgehead atoms. The van der Waals surface area contributed by atoms with Crippen LogP contribution in [0.1, 0.15) is 23.0 Å². The van der Waals surface area contributed by atoms with Gasteiger partial charge < -0.3 is 14.8 Å². The van der Waals surface area contributed by atoms with E-state index in [9.17, 15) is 13.2 Å². The van der Waals surface area contributed by atoms with Crippen molar-refractivity contribution < 1.29 is 22.7 Å². The zero-order chi connectivity index (χ0) is 15.5. The van der Waals surface area contributed by atoms with Crippen LogP contribution in [-0.2, 0) is 16.4 Å². The lowest BCUT2D eigenvalue weighted by Crippen LogP contribution is -2.23. The van der Waals surface area contributed by atoms with E-state index in [1.165, 1.54) is 6.07 Å². The van der Waals surface area contributed by atoms with Gasteiger partial charge >= 0.3 is 5.97 Å². The number of carbonyl (C=O) groups is 1. The Labute approximate surface area is 122 Å². The molecule has 2 aromatic rings. The third-order valence-corrected chi connectivity index (χ3v) is 4.86. The van der Waals surface area contributed by atoms with Gasteiger partial charge in [0.15, 0.2) is 9.84 Å². The maximum atomic E-state index is 11.3. The maximum Gasteiger partial charge on any atom is 0.371 e. The SMILES string of the molecule is CCS(=O)(=O)CCNCc1ccc2oc(C(=O)O)cc2c1. The minimum absolute atomic E-state index is 0.0934. The molecule has 0 amide bonds. The molecule has 0 spiro atoms. The standard InChI is InChI=1S/C14H17NO5S/c1-2-21(18,19)6-5-15-9-10-3-4-12-11(7-10)8-13(20-12)14(16)17/h3-4,7-8,15H,2,5-6,9H2,1H3,(H,16,17). The largest absolute Gasteiger partial charge is 0.475 e. The number of carboxylic acid groups (broad SMARTS) is 1. The first-order valence-electron chi connectivity index (χ1n) is 6.58. The molecule has 0 aliphatic heterocycles. The van der Waals surface area contributed by atoms with E-state index < -0.39 is 15.8 Å². The van der Waals surface area contributed by atoms with Gasteiger partial charge in [0.1, 0.15) is 5.58 Å². The average Bonchev–Trinajstić information content (AvgIpc) is 2.87. The molecule has 0 aliphatic carbocycles. The molecular weight excluding hydrogens is 294 g/mol. The van der Waals surface area contributed by atoms with E-state index in [-0.39, 0.29) is 17.3 Å². The van der Waals surface area contributed by atoms with Crippen molar-refractivity contribution in [3.8, 4) is 0 Å². The monoisotopic (exact) mass is 311 g/mol. The number of furan rings is 1. The fourth-order valence-electron chi connectivity index (χ4n) is 1.91. The second kappa shape index (κ2) is 6.28. The first kappa shape index (κ1) is 15.5. The van der Waals surface area contributed by atoms with E-state index in [0.717, 1.165) is 5.56 Å². The van der Waals surface area contributed by atoms with E-state index in [2.05, 4.69) is 5.32 Å². The second-order valence-electron chi connectivity index (χ2n) is 4.70. The minimum Gasteiger partial charge on any atom is -0.475 e. The zero-order valence-electron chi connectivity index (χ0n) is 11.6. The number of sulfone groups is 1. The molecule has 1 heterocycles. The van der Waals surface area contributed by atoms with Crippen LogP contribution >= 0.6 is 0 Å². The molecule has 0 radical (unpaired) electrons. The summed E-state index contributed by atoms with van der Waals surface area (Å²) in [5.74, 6) is -0.936. The van der Waals surface area contributed by atoms with Crippen LogP contribution in [0.3, 0.4) is 0 Å². The molecule has 2 rings (SSSR count). The van der Waals surface area contributed by atoms with Gasteiger partial charge in [0.05, 0.1) is 5.75 Å². The van der Waals surface area contributed by atoms with Crippen molar-refractivity contribution >= 4 is 26.8 Å². The Morgan fingerprint density at radius 1 is 1.33 bits per heavy atom. The number of carboxylic acids is 1. The van der Waals surface area contributed by atoms with Crippen LogP contribution in [0.15, 0.2) is 28.7 Å². The maximum absolute atomic E-state index is 11.3. The first-order valence-corrected chi connectivity index (χ1v) is 8.40. The molecule has 2 N–H and O–H groups in total. The predicted octanol–water partition coefficient (Wildman–Crippen LogP) is 1.66. The topological polar surface area (TPSA) is 96.6 Å². The van der Waals surface area contributed by atoms with E-state index in [1.807, 2.05) is 12.1 Å². The zero-order valence-corrected chi connectivity index (χ0v) is 12.4. The van der Waals surface area contributed by atoms with E-state index >= 15 is 0 Å². The van der Waals surface area contributed by atoms with Crippen LogP contribution in [-0.4, -0.2) is 37.5 Å². The van der Waals surface area contributed by atoms with Crippen molar-refractivity contribution in [1.29, 1.82) is 0 Å². The summed E-state index contributed by atoms with van der Waals surface area (Å²) in [5, 5.41) is 12.6. The highest BCUT2D eigenvalue weighted by atomic mass is 32.2. The average molecular weight is 311 g/mol. The fourth-order valence-corrected chi connectivity index (χ4v) is 2.66. The predicted molar refractivity (Wildman–Crippen MR) is 79.2 cm³/mol. The molecule has 0 saturated heterocycles. The molecule has 7 heteroatoms. The summed E-state index contributed by atoms with van der Waals surface area (Å²) in [6.45, 7) is 2.53. The van der Waals surface area contributed by atoms with Gasteiger partial charge in [-0.05, 0) is 23.8 Å². The van der Waals surface area contributed by atoms with Crippen molar-refractivity contribution in [2.45, 2.75) is 13.5 Å². The number of hydrogen-bond donors (Lipinski definition) is 2. The summed E-state index contributed by atoms with van der Waals surface area (Å²) >= 11 is 0. The molecule has 1 aromatic carbocycles. The number of aromatic carboxylic acids is 1. The van der Waals surface area contributed by atoms with Gasteiger partial charge in [-0.25, -0.2) is 13.2 Å². The molecule has 21 heavy (non-hydrogen) atoms. The lowest BCUT2D eigenvalue weighted by molar-refractivity contribution is 0.0665. The number of nitrogens with one attached hydrogen (secondary N) is 1. The normalized spacial score (nSPS) is 11.9. The summed E-state index contributed by atoms with van der Waals surface area (Å²) < 4.78 is 27.9. The van der Waals surface area contributed by atoms with Crippen LogP contribution < -0.4 is 5.32 Å². The quantitative estimate of drug-likeness (QED) is 0.755. The summed E-state index contributed by atoms with van der Waals surface area (Å²) in [7, 11) is -2.96. The summed E-state index contributed by atoms with van der Waals surface area (Å²) in [5.41, 5.74) is 1.46. The van der Waals surface area contributed by atoms with Gasteiger partial charge in [-0.3, -0.25) is 0 Å². The number of benzene rings is 1. The van der Waals surface area contributed by atoms with Crippen LogP contribution in [0, 0.1) is 0 Å². The Bertz CT molecular complexity index is 748. The lowest BCUT2D eigenvalue weighted by atomic mass is 10.1. The molecule has 0 atom stereocenters. The van der Waals surface area contributed by atoms with E-state index in [0.29, 0.717) is 24.1 Å². The first-order chi connectivity index (χ1) is 9.91. The molecule has 114 valence electrons. The number of rotatable bonds is 7. The Morgan fingerprint density at radius 2 is 2.10 bits per heavy atom. The van der Waals surface area contributed by atoms with Gasteiger partial charge in [-0.15, -0.1) is 0 Å². The molecule has 0 saturated carbocycles. The van der Waals surface area contributed by atoms with Crippen LogP contribution in [0.4, 0.5) is 0 Å². The lowest BCUT2D eigenvalue weighted by Gasteiger charge is -2.05. The van der Waals surface area contributed by atoms with Crippen molar-refractivity contribution in [3.63, 3.8) is 0 Å². The van der Waals surface area contributed by atoms with Gasteiger partial charge in [0, 0.05) is 24.2 Å². The van der Waals surface area contributed by atoms with Crippen LogP contribution in [0.5, 0.6) is 0 Å². The molecule has 0 unspecified atom stereocenters. The Morgan fingerprint density at radius 3 is 2.76 bits per heavy atom. The van der Waals surface area contributed by atoms with E-state index in [1.54, 1.807) is 13.0 Å². The van der Waals surface area contributed by atoms with Gasteiger partial charge in [0.2, 0.25) is 5.76 Å². The summed E-state index contributed by atoms with van der Waals surface area (Å²) in [4.78, 5) is 10.8. The summed E-state index contributed by atoms with van der Waals surface area (Å²) in [6, 6.07) is 6.83. The third kappa shape index (κ3) is 4.05. The second-order valence-corrected chi connectivity index (χ2v) is 7.17. The molecular formula is C14H17NO5S. The third-order valence-electron chi connectivity index (χ3n) is 3.15. The Kier molecular flexibility index (Phi) is 4.64. The van der Waals surface area contributed by atoms with E-state index in [4.69, 9.17) is 9.52 Å². The Hall–Kier alpha value is -1.86. The van der Waals surface area contributed by atoms with Gasteiger partial charge in [-0.2, -0.15) is 0 Å². The minimum atomic E-state index is -2.96. The highest BCUT2D eigenvalue weighted by Gasteiger charge is 2.10. The Balaban J connectivity index is 1.98. The highest BCUT2D eigenvalue weighted by molar-refractivity contribution is 7.91. The molecule has 6 nitrogen and oxygen atoms in total. The van der Waals surface area contributed by atoms with Gasteiger partial charge in [0.25, 0.3) is 0 Å². The van der Waals surface area contributed by atoms with Crippen molar-refractivity contribution in [2.24, 2.45) is 0 Å². The number of fused-ring (bicyclic) bond motifs is 1. The molecule has 0 aliphatic rings. The highest BCUT2D eigenvalue weighted by Crippen LogP contribution is 2.20.